The summed E-state index contributed by atoms with van der Waals surface area (Å²) in [7, 11) is 4.44. The van der Waals surface area contributed by atoms with Crippen molar-refractivity contribution in [1.82, 2.24) is 9.80 Å². The van der Waals surface area contributed by atoms with Gasteiger partial charge in [-0.1, -0.05) is 30.3 Å². The van der Waals surface area contributed by atoms with E-state index < -0.39 is 0 Å². The zero-order chi connectivity index (χ0) is 10.8. The Hall–Kier alpha value is -0.860. The van der Waals surface area contributed by atoms with Gasteiger partial charge in [-0.15, -0.1) is 0 Å². The fourth-order valence-corrected chi connectivity index (χ4v) is 2.45. The molecule has 0 bridgehead atoms. The zero-order valence-corrected chi connectivity index (χ0v) is 9.85. The van der Waals surface area contributed by atoms with Gasteiger partial charge in [-0.3, -0.25) is 4.90 Å². The van der Waals surface area contributed by atoms with Gasteiger partial charge < -0.3 is 4.90 Å². The Kier molecular flexibility index (Phi) is 3.08. The van der Waals surface area contributed by atoms with Gasteiger partial charge in [0.25, 0.3) is 0 Å². The number of hydrogen-bond acceptors (Lipinski definition) is 2. The first kappa shape index (κ1) is 10.7. The van der Waals surface area contributed by atoms with Crippen LogP contribution >= 0.6 is 0 Å². The van der Waals surface area contributed by atoms with Crippen LogP contribution in [0.4, 0.5) is 0 Å². The van der Waals surface area contributed by atoms with Crippen LogP contribution in [0, 0.1) is 0 Å². The Morgan fingerprint density at radius 2 is 1.60 bits per heavy atom. The predicted octanol–water partition coefficient (Wildman–Crippen LogP) is 1.99. The smallest absolute Gasteiger partial charge is 0.0498 e. The number of benzene rings is 1. The Labute approximate surface area is 92.5 Å². The van der Waals surface area contributed by atoms with Crippen LogP contribution in [-0.2, 0) is 0 Å². The maximum atomic E-state index is 2.46. The second-order valence-corrected chi connectivity index (χ2v) is 4.56. The molecule has 2 unspecified atom stereocenters. The van der Waals surface area contributed by atoms with Crippen LogP contribution in [0.15, 0.2) is 30.3 Å². The molecule has 15 heavy (non-hydrogen) atoms. The van der Waals surface area contributed by atoms with Crippen LogP contribution in [0.3, 0.4) is 0 Å². The van der Waals surface area contributed by atoms with E-state index in [1.807, 2.05) is 0 Å². The highest BCUT2D eigenvalue weighted by atomic mass is 15.3. The Morgan fingerprint density at radius 1 is 1.00 bits per heavy atom. The lowest BCUT2D eigenvalue weighted by atomic mass is 9.96. The number of rotatable bonds is 1. The van der Waals surface area contributed by atoms with Gasteiger partial charge in [0.05, 0.1) is 0 Å². The van der Waals surface area contributed by atoms with Crippen molar-refractivity contribution >= 4 is 0 Å². The van der Waals surface area contributed by atoms with Crippen molar-refractivity contribution in [3.63, 3.8) is 0 Å². The van der Waals surface area contributed by atoms with E-state index in [-0.39, 0.29) is 0 Å². The van der Waals surface area contributed by atoms with Gasteiger partial charge in [0.1, 0.15) is 0 Å². The molecule has 1 heterocycles. The monoisotopic (exact) mass is 204 g/mol. The predicted molar refractivity (Wildman–Crippen MR) is 63.9 cm³/mol. The van der Waals surface area contributed by atoms with E-state index in [1.54, 1.807) is 0 Å². The molecule has 0 spiro atoms. The SMILES string of the molecule is CC1C(c2ccccc2)N(C)CCN1C. The van der Waals surface area contributed by atoms with Gasteiger partial charge in [0.2, 0.25) is 0 Å². The Morgan fingerprint density at radius 3 is 2.27 bits per heavy atom. The average Bonchev–Trinajstić information content (AvgIpc) is 2.26. The third-order valence-electron chi connectivity index (χ3n) is 3.57. The summed E-state index contributed by atoms with van der Waals surface area (Å²) >= 11 is 0. The van der Waals surface area contributed by atoms with Crippen LogP contribution < -0.4 is 0 Å². The molecular weight excluding hydrogens is 184 g/mol. The van der Waals surface area contributed by atoms with E-state index in [2.05, 4.69) is 61.2 Å². The van der Waals surface area contributed by atoms with Crippen molar-refractivity contribution < 1.29 is 0 Å². The van der Waals surface area contributed by atoms with Crippen LogP contribution in [-0.4, -0.2) is 43.0 Å². The van der Waals surface area contributed by atoms with E-state index in [0.717, 1.165) is 6.54 Å². The first-order valence-corrected chi connectivity index (χ1v) is 5.65. The van der Waals surface area contributed by atoms with E-state index in [4.69, 9.17) is 0 Å². The summed E-state index contributed by atoms with van der Waals surface area (Å²) in [6.07, 6.45) is 0. The summed E-state index contributed by atoms with van der Waals surface area (Å²) in [5, 5.41) is 0. The highest BCUT2D eigenvalue weighted by molar-refractivity contribution is 5.21. The summed E-state index contributed by atoms with van der Waals surface area (Å²) in [4.78, 5) is 4.90. The van der Waals surface area contributed by atoms with E-state index in [1.165, 1.54) is 12.1 Å². The summed E-state index contributed by atoms with van der Waals surface area (Å²) < 4.78 is 0. The maximum absolute atomic E-state index is 2.46. The molecule has 0 aromatic heterocycles. The van der Waals surface area contributed by atoms with Crippen molar-refractivity contribution in [3.8, 4) is 0 Å². The molecule has 0 aliphatic carbocycles. The molecule has 0 N–H and O–H groups in total. The molecule has 2 nitrogen and oxygen atoms in total. The van der Waals surface area contributed by atoms with Crippen LogP contribution in [0.25, 0.3) is 0 Å². The molecule has 82 valence electrons. The molecule has 0 saturated carbocycles. The van der Waals surface area contributed by atoms with Crippen molar-refractivity contribution in [3.05, 3.63) is 35.9 Å². The van der Waals surface area contributed by atoms with Crippen molar-refractivity contribution in [2.24, 2.45) is 0 Å². The average molecular weight is 204 g/mol. The van der Waals surface area contributed by atoms with Crippen LogP contribution in [0.5, 0.6) is 0 Å². The zero-order valence-electron chi connectivity index (χ0n) is 9.85. The third kappa shape index (κ3) is 2.06. The second kappa shape index (κ2) is 4.33. The van der Waals surface area contributed by atoms with Gasteiger partial charge in [-0.2, -0.15) is 0 Å². The highest BCUT2D eigenvalue weighted by Crippen LogP contribution is 2.28. The van der Waals surface area contributed by atoms with E-state index in [0.29, 0.717) is 12.1 Å². The van der Waals surface area contributed by atoms with Gasteiger partial charge in [0.15, 0.2) is 0 Å². The summed E-state index contributed by atoms with van der Waals surface area (Å²) in [5.74, 6) is 0. The minimum Gasteiger partial charge on any atom is -0.301 e. The van der Waals surface area contributed by atoms with Gasteiger partial charge >= 0.3 is 0 Å². The molecule has 1 aliphatic heterocycles. The minimum atomic E-state index is 0.532. The molecule has 1 saturated heterocycles. The highest BCUT2D eigenvalue weighted by Gasteiger charge is 2.30. The van der Waals surface area contributed by atoms with Gasteiger partial charge in [-0.05, 0) is 26.6 Å². The molecule has 1 aliphatic rings. The van der Waals surface area contributed by atoms with Gasteiger partial charge in [0, 0.05) is 25.2 Å². The summed E-state index contributed by atoms with van der Waals surface area (Å²) in [5.41, 5.74) is 1.43. The molecule has 1 aromatic rings. The largest absolute Gasteiger partial charge is 0.301 e. The molecule has 0 amide bonds. The Bertz CT molecular complexity index is 310. The second-order valence-electron chi connectivity index (χ2n) is 4.56. The summed E-state index contributed by atoms with van der Waals surface area (Å²) in [6.45, 7) is 4.63. The lowest BCUT2D eigenvalue weighted by Crippen LogP contribution is -2.50. The molecule has 0 radical (unpaired) electrons. The van der Waals surface area contributed by atoms with E-state index in [9.17, 15) is 0 Å². The first-order chi connectivity index (χ1) is 7.20. The standard InChI is InChI=1S/C13H20N2/c1-11-13(12-7-5-4-6-8-12)15(3)10-9-14(11)2/h4-8,11,13H,9-10H2,1-3H3. The third-order valence-corrected chi connectivity index (χ3v) is 3.57. The lowest BCUT2D eigenvalue weighted by Gasteiger charge is -2.43. The quantitative estimate of drug-likeness (QED) is 0.690. The maximum Gasteiger partial charge on any atom is 0.0498 e. The molecule has 2 rings (SSSR count). The lowest BCUT2D eigenvalue weighted by molar-refractivity contribution is 0.0617. The fraction of sp³-hybridized carbons (Fsp3) is 0.538. The van der Waals surface area contributed by atoms with Gasteiger partial charge in [-0.25, -0.2) is 0 Å². The van der Waals surface area contributed by atoms with E-state index >= 15 is 0 Å². The number of likely N-dealkylation sites (N-methyl/N-ethyl adjacent to an activating group) is 2. The van der Waals surface area contributed by atoms with Crippen LogP contribution in [0.2, 0.25) is 0 Å². The van der Waals surface area contributed by atoms with Crippen molar-refractivity contribution in [2.45, 2.75) is 19.0 Å². The first-order valence-electron chi connectivity index (χ1n) is 5.65. The normalized spacial score (nSPS) is 29.3. The Balaban J connectivity index is 2.25. The topological polar surface area (TPSA) is 6.48 Å². The summed E-state index contributed by atoms with van der Waals surface area (Å²) in [6, 6.07) is 11.9. The molecule has 2 atom stereocenters. The van der Waals surface area contributed by atoms with Crippen molar-refractivity contribution in [1.29, 1.82) is 0 Å². The number of piperazine rings is 1. The molecule has 2 heteroatoms. The number of hydrogen-bond donors (Lipinski definition) is 0. The number of nitrogens with zero attached hydrogens (tertiary/aromatic N) is 2. The fourth-order valence-electron chi connectivity index (χ4n) is 2.45. The molecule has 1 aromatic carbocycles. The molecule has 1 fully saturated rings. The van der Waals surface area contributed by atoms with Crippen molar-refractivity contribution in [2.75, 3.05) is 27.2 Å². The minimum absolute atomic E-state index is 0.532. The van der Waals surface area contributed by atoms with Crippen LogP contribution in [0.1, 0.15) is 18.5 Å². The molecular formula is C13H20N2.